The Morgan fingerprint density at radius 3 is 2.54 bits per heavy atom. The van der Waals surface area contributed by atoms with Gasteiger partial charge in [-0.2, -0.15) is 0 Å². The Morgan fingerprint density at radius 1 is 1.15 bits per heavy atom. The first-order valence-corrected chi connectivity index (χ1v) is 9.04. The molecule has 0 saturated heterocycles. The van der Waals surface area contributed by atoms with Crippen LogP contribution in [0.5, 0.6) is 0 Å². The van der Waals surface area contributed by atoms with Gasteiger partial charge in [0.15, 0.2) is 0 Å². The molecule has 1 atom stereocenters. The van der Waals surface area contributed by atoms with Gasteiger partial charge in [-0.05, 0) is 61.2 Å². The van der Waals surface area contributed by atoms with Crippen molar-refractivity contribution in [3.63, 3.8) is 0 Å². The quantitative estimate of drug-likeness (QED) is 0.733. The highest BCUT2D eigenvalue weighted by Crippen LogP contribution is 2.30. The number of rotatable bonds is 6. The van der Waals surface area contributed by atoms with Gasteiger partial charge in [0, 0.05) is 22.7 Å². The highest BCUT2D eigenvalue weighted by atomic mass is 35.5. The third-order valence-corrected chi connectivity index (χ3v) is 4.50. The number of halogens is 1. The maximum atomic E-state index is 12.1. The zero-order chi connectivity index (χ0) is 18.5. The molecule has 0 radical (unpaired) electrons. The molecule has 4 nitrogen and oxygen atoms in total. The average molecular weight is 369 g/mol. The van der Waals surface area contributed by atoms with Crippen LogP contribution in [0, 0.1) is 5.92 Å². The van der Waals surface area contributed by atoms with E-state index >= 15 is 0 Å². The first-order valence-electron chi connectivity index (χ1n) is 8.66. The molecule has 0 aromatic heterocycles. The molecule has 0 spiro atoms. The summed E-state index contributed by atoms with van der Waals surface area (Å²) >= 11 is 5.93. The van der Waals surface area contributed by atoms with E-state index < -0.39 is 0 Å². The van der Waals surface area contributed by atoms with Crippen LogP contribution in [0.3, 0.4) is 0 Å². The number of hydrogen-bond donors (Lipinski definition) is 2. The van der Waals surface area contributed by atoms with Crippen LogP contribution in [0.4, 0.5) is 5.69 Å². The van der Waals surface area contributed by atoms with Crippen molar-refractivity contribution in [3.05, 3.63) is 70.8 Å². The second kappa shape index (κ2) is 8.19. The van der Waals surface area contributed by atoms with Crippen LogP contribution in [-0.4, -0.2) is 11.8 Å². The Bertz CT molecular complexity index is 826. The molecule has 5 heteroatoms. The van der Waals surface area contributed by atoms with E-state index in [1.54, 1.807) is 18.2 Å². The molecule has 2 aromatic carbocycles. The van der Waals surface area contributed by atoms with Crippen LogP contribution in [-0.2, 0) is 9.59 Å². The molecule has 1 unspecified atom stereocenters. The number of benzene rings is 2. The predicted molar refractivity (Wildman–Crippen MR) is 105 cm³/mol. The molecule has 1 aliphatic rings. The van der Waals surface area contributed by atoms with Gasteiger partial charge in [-0.15, -0.1) is 0 Å². The summed E-state index contributed by atoms with van der Waals surface area (Å²) in [6, 6.07) is 14.7. The summed E-state index contributed by atoms with van der Waals surface area (Å²) in [4.78, 5) is 23.9. The second-order valence-corrected chi connectivity index (χ2v) is 6.94. The molecule has 1 saturated carbocycles. The SMILES string of the molecule is CC(NC(=O)/C=C/c1cccc(Cl)c1)c1ccc(NC(=O)C2CC2)cc1. The largest absolute Gasteiger partial charge is 0.346 e. The van der Waals surface area contributed by atoms with Gasteiger partial charge < -0.3 is 10.6 Å². The van der Waals surface area contributed by atoms with Crippen molar-refractivity contribution in [2.45, 2.75) is 25.8 Å². The van der Waals surface area contributed by atoms with Crippen molar-refractivity contribution in [2.75, 3.05) is 5.32 Å². The molecule has 2 amide bonds. The minimum Gasteiger partial charge on any atom is -0.346 e. The molecule has 26 heavy (non-hydrogen) atoms. The molecule has 134 valence electrons. The molecule has 0 aliphatic heterocycles. The standard InChI is InChI=1S/C21H21ClN2O2/c1-14(23-20(25)12-5-15-3-2-4-18(22)13-15)16-8-10-19(11-9-16)24-21(26)17-6-7-17/h2-5,8-14,17H,6-7H2,1H3,(H,23,25)(H,24,26)/b12-5+. The van der Waals surface area contributed by atoms with Crippen molar-refractivity contribution < 1.29 is 9.59 Å². The van der Waals surface area contributed by atoms with E-state index in [1.807, 2.05) is 43.3 Å². The van der Waals surface area contributed by atoms with E-state index in [-0.39, 0.29) is 23.8 Å². The van der Waals surface area contributed by atoms with Gasteiger partial charge in [0.25, 0.3) is 0 Å². The third kappa shape index (κ3) is 5.20. The summed E-state index contributed by atoms with van der Waals surface area (Å²) in [5.41, 5.74) is 2.63. The zero-order valence-corrected chi connectivity index (χ0v) is 15.3. The molecule has 0 bridgehead atoms. The summed E-state index contributed by atoms with van der Waals surface area (Å²) in [5, 5.41) is 6.46. The zero-order valence-electron chi connectivity index (χ0n) is 14.5. The van der Waals surface area contributed by atoms with Crippen LogP contribution in [0.15, 0.2) is 54.6 Å². The fourth-order valence-electron chi connectivity index (χ4n) is 2.57. The van der Waals surface area contributed by atoms with Crippen molar-refractivity contribution in [1.82, 2.24) is 5.32 Å². The van der Waals surface area contributed by atoms with E-state index in [1.165, 1.54) is 6.08 Å². The number of nitrogens with one attached hydrogen (secondary N) is 2. The molecule has 1 fully saturated rings. The lowest BCUT2D eigenvalue weighted by molar-refractivity contribution is -0.118. The lowest BCUT2D eigenvalue weighted by Crippen LogP contribution is -2.24. The van der Waals surface area contributed by atoms with Gasteiger partial charge >= 0.3 is 0 Å². The normalized spacial score (nSPS) is 14.8. The average Bonchev–Trinajstić information content (AvgIpc) is 3.46. The summed E-state index contributed by atoms with van der Waals surface area (Å²) in [6.07, 6.45) is 5.18. The highest BCUT2D eigenvalue weighted by molar-refractivity contribution is 6.30. The minimum atomic E-state index is -0.177. The predicted octanol–water partition coefficient (Wildman–Crippen LogP) is 4.58. The molecule has 1 aliphatic carbocycles. The monoisotopic (exact) mass is 368 g/mol. The van der Waals surface area contributed by atoms with E-state index in [2.05, 4.69) is 10.6 Å². The maximum Gasteiger partial charge on any atom is 0.244 e. The second-order valence-electron chi connectivity index (χ2n) is 6.50. The summed E-state index contributed by atoms with van der Waals surface area (Å²) in [7, 11) is 0. The van der Waals surface area contributed by atoms with Crippen LogP contribution >= 0.6 is 11.6 Å². The highest BCUT2D eigenvalue weighted by Gasteiger charge is 2.29. The molecule has 0 heterocycles. The van der Waals surface area contributed by atoms with Crippen LogP contribution < -0.4 is 10.6 Å². The number of amides is 2. The third-order valence-electron chi connectivity index (χ3n) is 4.26. The summed E-state index contributed by atoms with van der Waals surface area (Å²) in [6.45, 7) is 1.92. The molecule has 2 aromatic rings. The van der Waals surface area contributed by atoms with Crippen molar-refractivity contribution in [2.24, 2.45) is 5.92 Å². The summed E-state index contributed by atoms with van der Waals surface area (Å²) < 4.78 is 0. The number of carbonyl (C=O) groups excluding carboxylic acids is 2. The lowest BCUT2D eigenvalue weighted by atomic mass is 10.1. The fraction of sp³-hybridized carbons (Fsp3) is 0.238. The number of carbonyl (C=O) groups is 2. The van der Waals surface area contributed by atoms with Gasteiger partial charge in [-0.3, -0.25) is 9.59 Å². The lowest BCUT2D eigenvalue weighted by Gasteiger charge is -2.14. The fourth-order valence-corrected chi connectivity index (χ4v) is 2.77. The molecule has 2 N–H and O–H groups in total. The van der Waals surface area contributed by atoms with Crippen LogP contribution in [0.1, 0.15) is 36.9 Å². The maximum absolute atomic E-state index is 12.1. The smallest absolute Gasteiger partial charge is 0.244 e. The van der Waals surface area contributed by atoms with Gasteiger partial charge in [0.2, 0.25) is 11.8 Å². The van der Waals surface area contributed by atoms with Gasteiger partial charge in [0.05, 0.1) is 6.04 Å². The first-order chi connectivity index (χ1) is 12.5. The van der Waals surface area contributed by atoms with E-state index in [4.69, 9.17) is 11.6 Å². The van der Waals surface area contributed by atoms with E-state index in [0.717, 1.165) is 29.7 Å². The number of hydrogen-bond acceptors (Lipinski definition) is 2. The Hall–Kier alpha value is -2.59. The van der Waals surface area contributed by atoms with E-state index in [9.17, 15) is 9.59 Å². The van der Waals surface area contributed by atoms with Crippen molar-refractivity contribution in [1.29, 1.82) is 0 Å². The van der Waals surface area contributed by atoms with Crippen LogP contribution in [0.25, 0.3) is 6.08 Å². The van der Waals surface area contributed by atoms with Crippen LogP contribution in [0.2, 0.25) is 5.02 Å². The number of anilines is 1. The van der Waals surface area contributed by atoms with E-state index in [0.29, 0.717) is 5.02 Å². The van der Waals surface area contributed by atoms with Gasteiger partial charge in [-0.25, -0.2) is 0 Å². The molecular formula is C21H21ClN2O2. The van der Waals surface area contributed by atoms with Gasteiger partial charge in [0.1, 0.15) is 0 Å². The minimum absolute atomic E-state index is 0.0882. The van der Waals surface area contributed by atoms with Crippen molar-refractivity contribution in [3.8, 4) is 0 Å². The Labute approximate surface area is 158 Å². The first kappa shape index (κ1) is 18.2. The summed E-state index contributed by atoms with van der Waals surface area (Å²) in [5.74, 6) is 0.0908. The molecule has 3 rings (SSSR count). The van der Waals surface area contributed by atoms with Crippen molar-refractivity contribution >= 4 is 35.2 Å². The molecular weight excluding hydrogens is 348 g/mol. The Kier molecular flexibility index (Phi) is 5.74. The topological polar surface area (TPSA) is 58.2 Å². The van der Waals surface area contributed by atoms with Gasteiger partial charge in [-0.1, -0.05) is 35.9 Å². The Morgan fingerprint density at radius 2 is 1.88 bits per heavy atom. The Balaban J connectivity index is 1.54.